The van der Waals surface area contributed by atoms with E-state index in [-0.39, 0.29) is 36.3 Å². The van der Waals surface area contributed by atoms with E-state index >= 15 is 0 Å². The van der Waals surface area contributed by atoms with Gasteiger partial charge in [-0.15, -0.1) is 0 Å². The molecule has 3 amide bonds. The Morgan fingerprint density at radius 3 is 2.57 bits per heavy atom. The number of carbonyl (C=O) groups excluding carboxylic acids is 4. The first-order chi connectivity index (χ1) is 13.3. The maximum absolute atomic E-state index is 13.4. The molecule has 9 heteroatoms. The molecule has 2 fully saturated rings. The number of piperazine rings is 1. The van der Waals surface area contributed by atoms with Crippen LogP contribution in [-0.4, -0.2) is 64.9 Å². The SMILES string of the molecule is CN1CCN2C(=O)C(=O)C3C(=O)N(Cc4ccc(F)c(Cl)c4)CCC3=C2C1=O. The maximum atomic E-state index is 13.4. The Kier molecular flexibility index (Phi) is 4.45. The van der Waals surface area contributed by atoms with Crippen molar-refractivity contribution in [1.29, 1.82) is 0 Å². The number of carbonyl (C=O) groups is 4. The average molecular weight is 406 g/mol. The minimum absolute atomic E-state index is 0.0554. The van der Waals surface area contributed by atoms with Crippen molar-refractivity contribution < 1.29 is 23.6 Å². The summed E-state index contributed by atoms with van der Waals surface area (Å²) in [6.07, 6.45) is 0.315. The first-order valence-corrected chi connectivity index (χ1v) is 9.24. The van der Waals surface area contributed by atoms with Gasteiger partial charge in [-0.1, -0.05) is 17.7 Å². The zero-order valence-corrected chi connectivity index (χ0v) is 15.8. The van der Waals surface area contributed by atoms with Crippen LogP contribution in [0.5, 0.6) is 0 Å². The molecule has 0 aliphatic carbocycles. The van der Waals surface area contributed by atoms with E-state index in [4.69, 9.17) is 11.6 Å². The van der Waals surface area contributed by atoms with Gasteiger partial charge >= 0.3 is 0 Å². The number of ketones is 1. The lowest BCUT2D eigenvalue weighted by molar-refractivity contribution is -0.155. The number of hydrogen-bond acceptors (Lipinski definition) is 4. The molecule has 1 aromatic carbocycles. The summed E-state index contributed by atoms with van der Waals surface area (Å²) < 4.78 is 13.4. The van der Waals surface area contributed by atoms with E-state index in [0.29, 0.717) is 24.1 Å². The van der Waals surface area contributed by atoms with Gasteiger partial charge in [-0.25, -0.2) is 4.39 Å². The molecular formula is C19H17ClFN3O4. The third-order valence-electron chi connectivity index (χ3n) is 5.42. The molecule has 0 radical (unpaired) electrons. The van der Waals surface area contributed by atoms with Crippen molar-refractivity contribution >= 4 is 35.1 Å². The van der Waals surface area contributed by atoms with E-state index in [1.165, 1.54) is 32.9 Å². The van der Waals surface area contributed by atoms with Crippen molar-refractivity contribution in [3.63, 3.8) is 0 Å². The van der Waals surface area contributed by atoms with Crippen LogP contribution < -0.4 is 0 Å². The predicted octanol–water partition coefficient (Wildman–Crippen LogP) is 0.965. The zero-order valence-electron chi connectivity index (χ0n) is 15.1. The Morgan fingerprint density at radius 1 is 1.11 bits per heavy atom. The highest BCUT2D eigenvalue weighted by Gasteiger charge is 2.50. The Morgan fingerprint density at radius 2 is 1.86 bits per heavy atom. The van der Waals surface area contributed by atoms with Crippen molar-refractivity contribution in [3.05, 3.63) is 45.9 Å². The van der Waals surface area contributed by atoms with Gasteiger partial charge in [0.1, 0.15) is 17.4 Å². The van der Waals surface area contributed by atoms with E-state index in [2.05, 4.69) is 0 Å². The van der Waals surface area contributed by atoms with Crippen molar-refractivity contribution in [1.82, 2.24) is 14.7 Å². The van der Waals surface area contributed by atoms with Gasteiger partial charge in [-0.3, -0.25) is 24.1 Å². The fourth-order valence-corrected chi connectivity index (χ4v) is 4.12. The molecule has 0 aromatic heterocycles. The van der Waals surface area contributed by atoms with E-state index in [0.717, 1.165) is 0 Å². The molecule has 2 saturated heterocycles. The average Bonchev–Trinajstić information content (AvgIpc) is 2.66. The Hall–Kier alpha value is -2.74. The fourth-order valence-electron chi connectivity index (χ4n) is 3.91. The topological polar surface area (TPSA) is 78.0 Å². The third-order valence-corrected chi connectivity index (χ3v) is 5.71. The Balaban J connectivity index is 1.67. The molecule has 1 unspecified atom stereocenters. The molecule has 1 aromatic rings. The first-order valence-electron chi connectivity index (χ1n) is 8.86. The quantitative estimate of drug-likeness (QED) is 0.542. The van der Waals surface area contributed by atoms with Crippen LogP contribution in [0.2, 0.25) is 5.02 Å². The minimum Gasteiger partial charge on any atom is -0.339 e. The molecule has 4 rings (SSSR count). The van der Waals surface area contributed by atoms with Crippen LogP contribution in [0.1, 0.15) is 12.0 Å². The summed E-state index contributed by atoms with van der Waals surface area (Å²) in [6.45, 7) is 1.00. The van der Waals surface area contributed by atoms with Crippen molar-refractivity contribution in [2.24, 2.45) is 5.92 Å². The maximum Gasteiger partial charge on any atom is 0.295 e. The van der Waals surface area contributed by atoms with Crippen molar-refractivity contribution in [2.75, 3.05) is 26.7 Å². The molecule has 0 N–H and O–H groups in total. The zero-order chi connectivity index (χ0) is 20.2. The highest BCUT2D eigenvalue weighted by molar-refractivity contribution is 6.43. The summed E-state index contributed by atoms with van der Waals surface area (Å²) in [5.74, 6) is -4.31. The van der Waals surface area contributed by atoms with Crippen LogP contribution in [0.25, 0.3) is 0 Å². The Bertz CT molecular complexity index is 960. The van der Waals surface area contributed by atoms with E-state index in [9.17, 15) is 23.6 Å². The monoisotopic (exact) mass is 405 g/mol. The second kappa shape index (κ2) is 6.70. The van der Waals surface area contributed by atoms with Gasteiger partial charge in [0.15, 0.2) is 0 Å². The van der Waals surface area contributed by atoms with E-state index in [1.54, 1.807) is 7.05 Å². The number of Topliss-reactive ketones (excluding diaryl/α,β-unsaturated/α-hetero) is 1. The van der Waals surface area contributed by atoms with Crippen LogP contribution in [0, 0.1) is 11.7 Å². The number of likely N-dealkylation sites (tertiary alicyclic amines) is 1. The number of halogens is 2. The van der Waals surface area contributed by atoms with Gasteiger partial charge in [0.2, 0.25) is 11.7 Å². The molecule has 0 spiro atoms. The third kappa shape index (κ3) is 2.79. The van der Waals surface area contributed by atoms with Gasteiger partial charge in [0.05, 0.1) is 5.02 Å². The van der Waals surface area contributed by atoms with Crippen LogP contribution in [0.15, 0.2) is 29.5 Å². The summed E-state index contributed by atoms with van der Waals surface area (Å²) in [6, 6.07) is 4.15. The normalized spacial score (nSPS) is 22.7. The molecular weight excluding hydrogens is 389 g/mol. The molecule has 3 aliphatic heterocycles. The molecule has 7 nitrogen and oxygen atoms in total. The summed E-state index contributed by atoms with van der Waals surface area (Å²) >= 11 is 5.79. The number of likely N-dealkylation sites (N-methyl/N-ethyl adjacent to an activating group) is 1. The molecule has 1 atom stereocenters. The lowest BCUT2D eigenvalue weighted by Crippen LogP contribution is -2.59. The van der Waals surface area contributed by atoms with Gasteiger partial charge in [0.25, 0.3) is 11.8 Å². The van der Waals surface area contributed by atoms with Crippen LogP contribution >= 0.6 is 11.6 Å². The highest BCUT2D eigenvalue weighted by Crippen LogP contribution is 2.36. The molecule has 146 valence electrons. The number of amides is 3. The number of fused-ring (bicyclic) bond motifs is 2. The predicted molar refractivity (Wildman–Crippen MR) is 96.3 cm³/mol. The number of piperidine rings is 1. The van der Waals surface area contributed by atoms with Gasteiger partial charge in [-0.05, 0) is 29.7 Å². The van der Waals surface area contributed by atoms with Gasteiger partial charge in [-0.2, -0.15) is 0 Å². The second-order valence-electron chi connectivity index (χ2n) is 7.11. The van der Waals surface area contributed by atoms with Gasteiger partial charge < -0.3 is 9.80 Å². The van der Waals surface area contributed by atoms with Crippen molar-refractivity contribution in [2.45, 2.75) is 13.0 Å². The summed E-state index contributed by atoms with van der Waals surface area (Å²) in [5, 5.41) is -0.0554. The minimum atomic E-state index is -1.26. The fraction of sp³-hybridized carbons (Fsp3) is 0.368. The van der Waals surface area contributed by atoms with Crippen molar-refractivity contribution in [3.8, 4) is 0 Å². The molecule has 3 heterocycles. The van der Waals surface area contributed by atoms with Crippen LogP contribution in [0.4, 0.5) is 4.39 Å². The summed E-state index contributed by atoms with van der Waals surface area (Å²) in [4.78, 5) is 54.9. The molecule has 3 aliphatic rings. The molecule has 28 heavy (non-hydrogen) atoms. The Labute approximate surface area is 165 Å². The number of hydrogen-bond donors (Lipinski definition) is 0. The van der Waals surface area contributed by atoms with Gasteiger partial charge in [0, 0.05) is 33.2 Å². The van der Waals surface area contributed by atoms with E-state index in [1.807, 2.05) is 0 Å². The largest absolute Gasteiger partial charge is 0.339 e. The standard InChI is InChI=1S/C19H17ClFN3O4/c1-22-6-7-24-15(18(22)27)11-4-5-23(17(26)14(11)16(25)19(24)28)9-10-2-3-13(21)12(20)8-10/h2-3,8,14H,4-7,9H2,1H3. The lowest BCUT2D eigenvalue weighted by Gasteiger charge is -2.43. The van der Waals surface area contributed by atoms with Crippen LogP contribution in [-0.2, 0) is 25.7 Å². The lowest BCUT2D eigenvalue weighted by atomic mass is 9.81. The number of rotatable bonds is 2. The smallest absolute Gasteiger partial charge is 0.295 e. The number of benzene rings is 1. The molecule has 0 saturated carbocycles. The first kappa shape index (κ1) is 18.6. The highest BCUT2D eigenvalue weighted by atomic mass is 35.5. The van der Waals surface area contributed by atoms with E-state index < -0.39 is 29.3 Å². The summed E-state index contributed by atoms with van der Waals surface area (Å²) in [5.41, 5.74) is 1.20. The summed E-state index contributed by atoms with van der Waals surface area (Å²) in [7, 11) is 1.62. The van der Waals surface area contributed by atoms with Crippen LogP contribution in [0.3, 0.4) is 0 Å². The number of nitrogens with zero attached hydrogens (tertiary/aromatic N) is 3. The molecule has 0 bridgehead atoms. The second-order valence-corrected chi connectivity index (χ2v) is 7.52.